The lowest BCUT2D eigenvalue weighted by molar-refractivity contribution is 0.358. The molecule has 0 saturated carbocycles. The molecule has 0 aliphatic heterocycles. The fourth-order valence-corrected chi connectivity index (χ4v) is 1.17. The quantitative estimate of drug-likeness (QED) is 0.685. The highest BCUT2D eigenvalue weighted by Crippen LogP contribution is 2.21. The number of rotatable bonds is 3. The number of aryl methyl sites for hydroxylation is 2. The van der Waals surface area contributed by atoms with Crippen molar-refractivity contribution in [1.82, 2.24) is 0 Å². The van der Waals surface area contributed by atoms with Gasteiger partial charge in [0.15, 0.2) is 0 Å². The van der Waals surface area contributed by atoms with Crippen molar-refractivity contribution in [2.75, 3.05) is 6.61 Å². The van der Waals surface area contributed by atoms with Gasteiger partial charge in [-0.2, -0.15) is 0 Å². The fourth-order valence-electron chi connectivity index (χ4n) is 1.17. The Morgan fingerprint density at radius 2 is 1.86 bits per heavy atom. The van der Waals surface area contributed by atoms with Crippen LogP contribution in [0.2, 0.25) is 0 Å². The molecule has 0 fully saturated rings. The van der Waals surface area contributed by atoms with Crippen LogP contribution in [0.3, 0.4) is 0 Å². The van der Waals surface area contributed by atoms with Crippen LogP contribution in [0.1, 0.15) is 11.1 Å². The maximum absolute atomic E-state index is 6.50. The SMILES string of the molecule is C#N.C=CCOc1c(C)cccc1C. The molecule has 0 N–H and O–H groups in total. The van der Waals surface area contributed by atoms with Gasteiger partial charge in [0.1, 0.15) is 12.4 Å². The first-order chi connectivity index (χ1) is 6.75. The molecular weight excluding hydrogens is 174 g/mol. The number of nitriles is 1. The summed E-state index contributed by atoms with van der Waals surface area (Å²) in [6.07, 6.45) is 1.76. The standard InChI is InChI=1S/C11H14O.CHN/c1-4-8-12-11-9(2)6-5-7-10(11)3;1-2/h4-7H,1,8H2,2-3H3;1H. The van der Waals surface area contributed by atoms with Gasteiger partial charge in [0, 0.05) is 6.57 Å². The van der Waals surface area contributed by atoms with E-state index >= 15 is 0 Å². The van der Waals surface area contributed by atoms with Crippen molar-refractivity contribution in [2.24, 2.45) is 0 Å². The monoisotopic (exact) mass is 189 g/mol. The highest BCUT2D eigenvalue weighted by Gasteiger charge is 2.00. The van der Waals surface area contributed by atoms with Crippen LogP contribution in [0, 0.1) is 25.7 Å². The molecule has 1 aromatic carbocycles. The van der Waals surface area contributed by atoms with Crippen molar-refractivity contribution in [3.05, 3.63) is 42.0 Å². The van der Waals surface area contributed by atoms with Gasteiger partial charge in [-0.25, -0.2) is 5.26 Å². The van der Waals surface area contributed by atoms with Gasteiger partial charge >= 0.3 is 0 Å². The van der Waals surface area contributed by atoms with Crippen LogP contribution in [0.15, 0.2) is 30.9 Å². The summed E-state index contributed by atoms with van der Waals surface area (Å²) in [5.74, 6) is 0.984. The molecule has 2 heteroatoms. The molecule has 2 nitrogen and oxygen atoms in total. The highest BCUT2D eigenvalue weighted by atomic mass is 16.5. The third-order valence-electron chi connectivity index (χ3n) is 1.75. The lowest BCUT2D eigenvalue weighted by Gasteiger charge is -2.09. The highest BCUT2D eigenvalue weighted by molar-refractivity contribution is 5.39. The minimum atomic E-state index is 0.575. The third kappa shape index (κ3) is 3.32. The Kier molecular flexibility index (Phi) is 5.89. The Labute approximate surface area is 85.4 Å². The minimum Gasteiger partial charge on any atom is -0.489 e. The summed E-state index contributed by atoms with van der Waals surface area (Å²) in [7, 11) is 0. The number of benzene rings is 1. The van der Waals surface area contributed by atoms with Crippen molar-refractivity contribution in [1.29, 1.82) is 5.26 Å². The number of para-hydroxylation sites is 1. The second-order valence-electron chi connectivity index (χ2n) is 2.82. The predicted octanol–water partition coefficient (Wildman–Crippen LogP) is 3.01. The second-order valence-corrected chi connectivity index (χ2v) is 2.82. The molecule has 0 aromatic heterocycles. The summed E-state index contributed by atoms with van der Waals surface area (Å²) < 4.78 is 5.50. The van der Waals surface area contributed by atoms with Crippen molar-refractivity contribution >= 4 is 0 Å². The average molecular weight is 189 g/mol. The lowest BCUT2D eigenvalue weighted by atomic mass is 10.1. The summed E-state index contributed by atoms with van der Waals surface area (Å²) in [5.41, 5.74) is 2.36. The number of hydrogen-bond donors (Lipinski definition) is 0. The zero-order valence-electron chi connectivity index (χ0n) is 8.66. The van der Waals surface area contributed by atoms with Crippen LogP contribution in [-0.4, -0.2) is 6.61 Å². The fraction of sp³-hybridized carbons (Fsp3) is 0.250. The molecule has 1 aromatic rings. The molecule has 0 saturated heterocycles. The van der Waals surface area contributed by atoms with Gasteiger partial charge in [-0.05, 0) is 25.0 Å². The summed E-state index contributed by atoms with van der Waals surface area (Å²) >= 11 is 0. The van der Waals surface area contributed by atoms with Crippen LogP contribution < -0.4 is 4.74 Å². The Hall–Kier alpha value is -1.75. The molecule has 0 amide bonds. The molecule has 0 unspecified atom stereocenters. The van der Waals surface area contributed by atoms with E-state index in [2.05, 4.69) is 13.2 Å². The van der Waals surface area contributed by atoms with Gasteiger partial charge in [0.2, 0.25) is 0 Å². The first kappa shape index (κ1) is 12.2. The van der Waals surface area contributed by atoms with Gasteiger partial charge in [-0.3, -0.25) is 0 Å². The van der Waals surface area contributed by atoms with Gasteiger partial charge < -0.3 is 4.74 Å². The molecule has 0 aliphatic carbocycles. The molecule has 74 valence electrons. The second kappa shape index (κ2) is 6.73. The molecule has 0 radical (unpaired) electrons. The minimum absolute atomic E-state index is 0.575. The number of ether oxygens (including phenoxy) is 1. The lowest BCUT2D eigenvalue weighted by Crippen LogP contribution is -1.96. The Morgan fingerprint density at radius 3 is 2.29 bits per heavy atom. The maximum atomic E-state index is 6.50. The topological polar surface area (TPSA) is 33.0 Å². The first-order valence-corrected chi connectivity index (χ1v) is 4.31. The van der Waals surface area contributed by atoms with Crippen molar-refractivity contribution < 1.29 is 4.74 Å². The van der Waals surface area contributed by atoms with Crippen molar-refractivity contribution in [3.8, 4) is 12.3 Å². The van der Waals surface area contributed by atoms with Crippen molar-refractivity contribution in [3.63, 3.8) is 0 Å². The van der Waals surface area contributed by atoms with Crippen LogP contribution in [0.4, 0.5) is 0 Å². The first-order valence-electron chi connectivity index (χ1n) is 4.31. The summed E-state index contributed by atoms with van der Waals surface area (Å²) in [5, 5.41) is 6.50. The van der Waals surface area contributed by atoms with Gasteiger partial charge in [-0.1, -0.05) is 30.9 Å². The Morgan fingerprint density at radius 1 is 1.36 bits per heavy atom. The zero-order chi connectivity index (χ0) is 11.0. The number of nitrogens with zero attached hydrogens (tertiary/aromatic N) is 1. The van der Waals surface area contributed by atoms with Crippen LogP contribution in [0.25, 0.3) is 0 Å². The van der Waals surface area contributed by atoms with Gasteiger partial charge in [-0.15, -0.1) is 0 Å². The van der Waals surface area contributed by atoms with Crippen LogP contribution in [-0.2, 0) is 0 Å². The molecule has 0 heterocycles. The van der Waals surface area contributed by atoms with E-state index < -0.39 is 0 Å². The molecule has 0 atom stereocenters. The summed E-state index contributed by atoms with van der Waals surface area (Å²) in [6.45, 7) is 11.8. The molecule has 14 heavy (non-hydrogen) atoms. The van der Waals surface area contributed by atoms with Crippen LogP contribution in [0.5, 0.6) is 5.75 Å². The predicted molar refractivity (Wildman–Crippen MR) is 58.3 cm³/mol. The molecule has 0 aliphatic rings. The molecule has 1 rings (SSSR count). The van der Waals surface area contributed by atoms with E-state index in [1.165, 1.54) is 11.1 Å². The van der Waals surface area contributed by atoms with Crippen LogP contribution >= 0.6 is 0 Å². The third-order valence-corrected chi connectivity index (χ3v) is 1.75. The van der Waals surface area contributed by atoms with E-state index in [4.69, 9.17) is 10.00 Å². The Bertz CT molecular complexity index is 295. The summed E-state index contributed by atoms with van der Waals surface area (Å²) in [6, 6.07) is 6.13. The van der Waals surface area contributed by atoms with Gasteiger partial charge in [0.25, 0.3) is 0 Å². The average Bonchev–Trinajstić information content (AvgIpc) is 2.20. The Balaban J connectivity index is 0.000000791. The largest absolute Gasteiger partial charge is 0.489 e. The smallest absolute Gasteiger partial charge is 0.125 e. The van der Waals surface area contributed by atoms with Gasteiger partial charge in [0.05, 0.1) is 0 Å². The van der Waals surface area contributed by atoms with E-state index in [1.54, 1.807) is 6.08 Å². The van der Waals surface area contributed by atoms with E-state index in [0.717, 1.165) is 5.75 Å². The van der Waals surface area contributed by atoms with E-state index in [1.807, 2.05) is 32.0 Å². The van der Waals surface area contributed by atoms with E-state index in [-0.39, 0.29) is 0 Å². The molecular formula is C12H15NO. The number of hydrogen-bond acceptors (Lipinski definition) is 2. The molecule has 0 bridgehead atoms. The zero-order valence-corrected chi connectivity index (χ0v) is 8.66. The van der Waals surface area contributed by atoms with E-state index in [9.17, 15) is 0 Å². The molecule has 0 spiro atoms. The normalized spacial score (nSPS) is 8.29. The maximum Gasteiger partial charge on any atom is 0.125 e. The summed E-state index contributed by atoms with van der Waals surface area (Å²) in [4.78, 5) is 0. The van der Waals surface area contributed by atoms with Crippen molar-refractivity contribution in [2.45, 2.75) is 13.8 Å². The van der Waals surface area contributed by atoms with E-state index in [0.29, 0.717) is 6.61 Å².